The largest absolute Gasteiger partial charge is 0.480 e. The summed E-state index contributed by atoms with van der Waals surface area (Å²) in [6.07, 6.45) is 0.681. The second-order valence-corrected chi connectivity index (χ2v) is 5.24. The van der Waals surface area contributed by atoms with E-state index in [1.807, 2.05) is 31.2 Å². The average Bonchev–Trinajstić information content (AvgIpc) is 2.70. The number of halogens is 1. The highest BCUT2D eigenvalue weighted by Gasteiger charge is 2.25. The Kier molecular flexibility index (Phi) is 4.53. The third-order valence-corrected chi connectivity index (χ3v) is 3.74. The van der Waals surface area contributed by atoms with E-state index in [1.165, 1.54) is 4.90 Å². The molecule has 21 heavy (non-hydrogen) atoms. The molecule has 0 bridgehead atoms. The molecule has 2 rings (SSSR count). The third kappa shape index (κ3) is 2.88. The summed E-state index contributed by atoms with van der Waals surface area (Å²) in [5, 5.41) is 10.1. The van der Waals surface area contributed by atoms with E-state index in [9.17, 15) is 9.59 Å². The van der Waals surface area contributed by atoms with E-state index in [0.717, 1.165) is 10.9 Å². The van der Waals surface area contributed by atoms with Crippen LogP contribution in [0.3, 0.4) is 0 Å². The minimum atomic E-state index is -1.04. The Morgan fingerprint density at radius 2 is 2.00 bits per heavy atom. The van der Waals surface area contributed by atoms with Crippen molar-refractivity contribution in [2.75, 3.05) is 13.1 Å². The van der Waals surface area contributed by atoms with Crippen LogP contribution in [0, 0.1) is 0 Å². The van der Waals surface area contributed by atoms with Gasteiger partial charge >= 0.3 is 5.97 Å². The van der Waals surface area contributed by atoms with E-state index in [1.54, 1.807) is 11.6 Å². The van der Waals surface area contributed by atoms with Crippen molar-refractivity contribution in [3.63, 3.8) is 0 Å². The van der Waals surface area contributed by atoms with Gasteiger partial charge in [0.2, 0.25) is 0 Å². The van der Waals surface area contributed by atoms with Gasteiger partial charge in [-0.3, -0.25) is 9.59 Å². The number of rotatable bonds is 5. The summed E-state index contributed by atoms with van der Waals surface area (Å²) in [6, 6.07) is 7.44. The topological polar surface area (TPSA) is 62.5 Å². The molecule has 0 atom stereocenters. The number of carboxylic acid groups (broad SMARTS) is 1. The Hall–Kier alpha value is -2.01. The van der Waals surface area contributed by atoms with Crippen LogP contribution in [0.5, 0.6) is 0 Å². The van der Waals surface area contributed by atoms with Gasteiger partial charge in [0.05, 0.1) is 5.02 Å². The average molecular weight is 309 g/mol. The number of aliphatic carboxylic acids is 1. The highest BCUT2D eigenvalue weighted by Crippen LogP contribution is 2.30. The molecule has 0 unspecified atom stereocenters. The van der Waals surface area contributed by atoms with Gasteiger partial charge in [0.15, 0.2) is 0 Å². The Bertz CT molecular complexity index is 655. The Labute approximate surface area is 127 Å². The van der Waals surface area contributed by atoms with Crippen molar-refractivity contribution in [1.82, 2.24) is 9.47 Å². The lowest BCUT2D eigenvalue weighted by Gasteiger charge is -2.20. The van der Waals surface area contributed by atoms with E-state index in [-0.39, 0.29) is 12.5 Å². The predicted molar refractivity (Wildman–Crippen MR) is 81.8 cm³/mol. The van der Waals surface area contributed by atoms with Gasteiger partial charge in [0.1, 0.15) is 12.2 Å². The van der Waals surface area contributed by atoms with Gasteiger partial charge in [0, 0.05) is 24.5 Å². The van der Waals surface area contributed by atoms with Crippen molar-refractivity contribution < 1.29 is 14.7 Å². The number of para-hydroxylation sites is 1. The molecule has 5 nitrogen and oxygen atoms in total. The number of carbonyl (C=O) groups excluding carboxylic acids is 1. The molecule has 112 valence electrons. The fourth-order valence-electron chi connectivity index (χ4n) is 2.42. The molecule has 0 fully saturated rings. The summed E-state index contributed by atoms with van der Waals surface area (Å²) in [5.74, 6) is -1.39. The van der Waals surface area contributed by atoms with Crippen LogP contribution >= 0.6 is 11.6 Å². The Balaban J connectivity index is 2.49. The quantitative estimate of drug-likeness (QED) is 0.924. The minimum absolute atomic E-state index is 0.326. The molecule has 0 aliphatic rings. The van der Waals surface area contributed by atoms with Crippen LogP contribution in [0.2, 0.25) is 5.02 Å². The zero-order valence-corrected chi connectivity index (χ0v) is 12.7. The third-order valence-electron chi connectivity index (χ3n) is 3.35. The zero-order valence-electron chi connectivity index (χ0n) is 12.0. The first-order valence-corrected chi connectivity index (χ1v) is 7.09. The van der Waals surface area contributed by atoms with Gasteiger partial charge in [-0.2, -0.15) is 0 Å². The number of aromatic nitrogens is 1. The molecule has 0 aliphatic heterocycles. The first kappa shape index (κ1) is 15.4. The maximum absolute atomic E-state index is 12.6. The molecule has 1 N–H and O–H groups in total. The van der Waals surface area contributed by atoms with Crippen LogP contribution in [-0.4, -0.2) is 39.5 Å². The highest BCUT2D eigenvalue weighted by atomic mass is 35.5. The summed E-state index contributed by atoms with van der Waals surface area (Å²) >= 11 is 6.32. The van der Waals surface area contributed by atoms with Crippen LogP contribution in [0.1, 0.15) is 23.8 Å². The van der Waals surface area contributed by atoms with Crippen LogP contribution in [0.15, 0.2) is 24.3 Å². The number of aryl methyl sites for hydroxylation is 1. The van der Waals surface area contributed by atoms with Crippen LogP contribution in [0.25, 0.3) is 10.9 Å². The molecule has 0 radical (unpaired) electrons. The molecule has 6 heteroatoms. The number of carbonyl (C=O) groups is 2. The highest BCUT2D eigenvalue weighted by molar-refractivity contribution is 6.38. The molecule has 0 aliphatic carbocycles. The number of fused-ring (bicyclic) bond motifs is 1. The first-order chi connectivity index (χ1) is 9.97. The van der Waals surface area contributed by atoms with Gasteiger partial charge in [-0.1, -0.05) is 36.7 Å². The number of carboxylic acids is 1. The van der Waals surface area contributed by atoms with Crippen molar-refractivity contribution >= 4 is 34.4 Å². The van der Waals surface area contributed by atoms with Crippen LogP contribution in [-0.2, 0) is 11.8 Å². The summed E-state index contributed by atoms with van der Waals surface area (Å²) in [7, 11) is 1.76. The zero-order chi connectivity index (χ0) is 15.6. The molecule has 1 aromatic heterocycles. The maximum Gasteiger partial charge on any atom is 0.323 e. The summed E-state index contributed by atoms with van der Waals surface area (Å²) in [5.41, 5.74) is 1.17. The second-order valence-electron chi connectivity index (χ2n) is 4.86. The molecule has 0 spiro atoms. The van der Waals surface area contributed by atoms with Gasteiger partial charge in [-0.15, -0.1) is 0 Å². The van der Waals surface area contributed by atoms with Crippen LogP contribution < -0.4 is 0 Å². The van der Waals surface area contributed by atoms with Crippen molar-refractivity contribution in [3.05, 3.63) is 35.0 Å². The van der Waals surface area contributed by atoms with Gasteiger partial charge in [-0.25, -0.2) is 0 Å². The Morgan fingerprint density at radius 3 is 2.57 bits per heavy atom. The minimum Gasteiger partial charge on any atom is -0.480 e. The lowest BCUT2D eigenvalue weighted by atomic mass is 10.2. The number of hydrogen-bond donors (Lipinski definition) is 1. The smallest absolute Gasteiger partial charge is 0.323 e. The standard InChI is InChI=1S/C15H17ClN2O3/c1-3-8-18(9-12(19)20)15(21)14-13(16)10-6-4-5-7-11(10)17(14)2/h4-7H,3,8-9H2,1-2H3,(H,19,20). The fourth-order valence-corrected chi connectivity index (χ4v) is 2.79. The summed E-state index contributed by atoms with van der Waals surface area (Å²) in [4.78, 5) is 24.9. The molecule has 1 aromatic carbocycles. The molecule has 2 aromatic rings. The number of amides is 1. The van der Waals surface area contributed by atoms with E-state index < -0.39 is 5.97 Å². The molecule has 1 heterocycles. The van der Waals surface area contributed by atoms with Gasteiger partial charge in [0.25, 0.3) is 5.91 Å². The number of benzene rings is 1. The van der Waals surface area contributed by atoms with Crippen LogP contribution in [0.4, 0.5) is 0 Å². The molecule has 1 amide bonds. The SMILES string of the molecule is CCCN(CC(=O)O)C(=O)c1c(Cl)c2ccccc2n1C. The normalized spacial score (nSPS) is 10.8. The van der Waals surface area contributed by atoms with E-state index in [0.29, 0.717) is 23.7 Å². The van der Waals surface area contributed by atoms with Crippen molar-refractivity contribution in [2.24, 2.45) is 7.05 Å². The predicted octanol–water partition coefficient (Wildman–Crippen LogP) is 2.77. The van der Waals surface area contributed by atoms with Crippen molar-refractivity contribution in [1.29, 1.82) is 0 Å². The second kappa shape index (κ2) is 6.18. The maximum atomic E-state index is 12.6. The lowest BCUT2D eigenvalue weighted by Crippen LogP contribution is -2.37. The monoisotopic (exact) mass is 308 g/mol. The fraction of sp³-hybridized carbons (Fsp3) is 0.333. The Morgan fingerprint density at radius 1 is 1.33 bits per heavy atom. The summed E-state index contributed by atoms with van der Waals surface area (Å²) < 4.78 is 1.71. The van der Waals surface area contributed by atoms with Gasteiger partial charge < -0.3 is 14.6 Å². The molecular weight excluding hydrogens is 292 g/mol. The van der Waals surface area contributed by atoms with Gasteiger partial charge in [-0.05, 0) is 12.5 Å². The molecular formula is C15H17ClN2O3. The number of hydrogen-bond acceptors (Lipinski definition) is 2. The van der Waals surface area contributed by atoms with E-state index in [4.69, 9.17) is 16.7 Å². The number of nitrogens with zero attached hydrogens (tertiary/aromatic N) is 2. The summed E-state index contributed by atoms with van der Waals surface area (Å²) in [6.45, 7) is 1.94. The van der Waals surface area contributed by atoms with E-state index >= 15 is 0 Å². The first-order valence-electron chi connectivity index (χ1n) is 6.71. The lowest BCUT2D eigenvalue weighted by molar-refractivity contribution is -0.137. The molecule has 0 saturated carbocycles. The van der Waals surface area contributed by atoms with Crippen molar-refractivity contribution in [3.8, 4) is 0 Å². The van der Waals surface area contributed by atoms with E-state index in [2.05, 4.69) is 0 Å². The molecule has 0 saturated heterocycles. The van der Waals surface area contributed by atoms with Crippen molar-refractivity contribution in [2.45, 2.75) is 13.3 Å².